The molecule has 0 aliphatic heterocycles. The van der Waals surface area contributed by atoms with E-state index in [0.29, 0.717) is 5.69 Å². The van der Waals surface area contributed by atoms with E-state index in [0.717, 1.165) is 17.9 Å². The molecule has 0 aliphatic carbocycles. The zero-order valence-corrected chi connectivity index (χ0v) is 11.9. The van der Waals surface area contributed by atoms with E-state index in [4.69, 9.17) is 9.56 Å². The minimum absolute atomic E-state index is 0.0229. The Bertz CT molecular complexity index is 653. The van der Waals surface area contributed by atoms with Crippen LogP contribution in [0.3, 0.4) is 0 Å². The maximum atomic E-state index is 11.0. The minimum Gasteiger partial charge on any atom is -0.467 e. The smallest absolute Gasteiger partial charge is 0.296 e. The van der Waals surface area contributed by atoms with Crippen molar-refractivity contribution < 1.29 is 12.8 Å². The maximum Gasteiger partial charge on any atom is 0.296 e. The Hall–Kier alpha value is -1.99. The number of rotatable bonds is 6. The third-order valence-corrected chi connectivity index (χ3v) is 3.28. The minimum atomic E-state index is -3.77. The number of hydrogen-bond acceptors (Lipinski definition) is 4. The summed E-state index contributed by atoms with van der Waals surface area (Å²) in [4.78, 5) is 0. The lowest BCUT2D eigenvalue weighted by Crippen LogP contribution is -2.21. The lowest BCUT2D eigenvalue weighted by molar-refractivity contribution is 0.474. The summed E-state index contributed by atoms with van der Waals surface area (Å²) in [5.74, 6) is 0.831. The summed E-state index contributed by atoms with van der Waals surface area (Å²) in [6.07, 6.45) is 2.46. The van der Waals surface area contributed by atoms with Crippen LogP contribution in [-0.4, -0.2) is 8.42 Å². The average Bonchev–Trinajstić information content (AvgIpc) is 2.88. The van der Waals surface area contributed by atoms with Gasteiger partial charge in [0.15, 0.2) is 0 Å². The molecule has 20 heavy (non-hydrogen) atoms. The van der Waals surface area contributed by atoms with Crippen molar-refractivity contribution in [3.63, 3.8) is 0 Å². The van der Waals surface area contributed by atoms with E-state index >= 15 is 0 Å². The Balaban J connectivity index is 2.15. The van der Waals surface area contributed by atoms with Crippen LogP contribution in [0.1, 0.15) is 25.1 Å². The summed E-state index contributed by atoms with van der Waals surface area (Å²) in [7, 11) is -3.77. The predicted molar refractivity (Wildman–Crippen MR) is 78.5 cm³/mol. The van der Waals surface area contributed by atoms with E-state index in [1.54, 1.807) is 24.5 Å². The quantitative estimate of drug-likeness (QED) is 0.762. The molecule has 1 aromatic heterocycles. The van der Waals surface area contributed by atoms with Crippen molar-refractivity contribution in [1.82, 2.24) is 0 Å². The molecule has 0 saturated carbocycles. The second kappa shape index (κ2) is 5.98. The molecular weight excluding hydrogens is 278 g/mol. The van der Waals surface area contributed by atoms with Gasteiger partial charge in [0.2, 0.25) is 0 Å². The fourth-order valence-electron chi connectivity index (χ4n) is 1.90. The Morgan fingerprint density at radius 2 is 2.00 bits per heavy atom. The van der Waals surface area contributed by atoms with Crippen LogP contribution < -0.4 is 15.2 Å². The van der Waals surface area contributed by atoms with E-state index in [1.165, 1.54) is 0 Å². The Kier molecular flexibility index (Phi) is 4.31. The third kappa shape index (κ3) is 4.01. The molecule has 6 nitrogen and oxygen atoms in total. The monoisotopic (exact) mass is 295 g/mol. The van der Waals surface area contributed by atoms with Crippen molar-refractivity contribution in [2.75, 3.05) is 10.0 Å². The zero-order valence-electron chi connectivity index (χ0n) is 11.0. The Labute approximate surface area is 118 Å². The molecule has 7 heteroatoms. The first-order valence-electron chi connectivity index (χ1n) is 6.18. The largest absolute Gasteiger partial charge is 0.467 e. The van der Waals surface area contributed by atoms with Gasteiger partial charge in [-0.1, -0.05) is 13.0 Å². The molecule has 1 aromatic carbocycles. The molecule has 1 unspecified atom stereocenters. The molecule has 2 aromatic rings. The van der Waals surface area contributed by atoms with Gasteiger partial charge in [-0.2, -0.15) is 8.42 Å². The topological polar surface area (TPSA) is 97.4 Å². The van der Waals surface area contributed by atoms with Crippen LogP contribution in [0.2, 0.25) is 0 Å². The molecule has 2 rings (SSSR count). The van der Waals surface area contributed by atoms with Gasteiger partial charge >= 0.3 is 0 Å². The third-order valence-electron chi connectivity index (χ3n) is 2.76. The maximum absolute atomic E-state index is 11.0. The molecule has 1 heterocycles. The highest BCUT2D eigenvalue weighted by Crippen LogP contribution is 2.24. The molecule has 0 amide bonds. The second-order valence-electron chi connectivity index (χ2n) is 4.35. The highest BCUT2D eigenvalue weighted by Gasteiger charge is 2.12. The average molecular weight is 295 g/mol. The molecule has 0 aliphatic rings. The number of anilines is 2. The van der Waals surface area contributed by atoms with E-state index in [2.05, 4.69) is 10.0 Å². The van der Waals surface area contributed by atoms with Crippen LogP contribution in [0, 0.1) is 0 Å². The summed E-state index contributed by atoms with van der Waals surface area (Å²) in [6.45, 7) is 2.03. The van der Waals surface area contributed by atoms with Crippen LogP contribution >= 0.6 is 0 Å². The summed E-state index contributed by atoms with van der Waals surface area (Å²) >= 11 is 0. The van der Waals surface area contributed by atoms with Crippen molar-refractivity contribution >= 4 is 21.6 Å². The predicted octanol–water partition coefficient (Wildman–Crippen LogP) is 2.46. The van der Waals surface area contributed by atoms with Crippen LogP contribution in [-0.2, 0) is 10.2 Å². The first-order valence-corrected chi connectivity index (χ1v) is 7.73. The number of nitrogens with one attached hydrogen (secondary N) is 2. The molecule has 0 fully saturated rings. The lowest BCUT2D eigenvalue weighted by Gasteiger charge is -2.16. The highest BCUT2D eigenvalue weighted by molar-refractivity contribution is 7.90. The molecule has 108 valence electrons. The van der Waals surface area contributed by atoms with Crippen LogP contribution in [0.5, 0.6) is 0 Å². The molecule has 4 N–H and O–H groups in total. The normalized spacial score (nSPS) is 12.9. The van der Waals surface area contributed by atoms with Gasteiger partial charge in [0, 0.05) is 5.69 Å². The van der Waals surface area contributed by atoms with Gasteiger partial charge in [-0.3, -0.25) is 4.72 Å². The van der Waals surface area contributed by atoms with Gasteiger partial charge in [-0.25, -0.2) is 5.14 Å². The molecule has 0 spiro atoms. The fraction of sp³-hybridized carbons (Fsp3) is 0.231. The van der Waals surface area contributed by atoms with Crippen LogP contribution in [0.15, 0.2) is 47.1 Å². The van der Waals surface area contributed by atoms with E-state index in [-0.39, 0.29) is 6.04 Å². The van der Waals surface area contributed by atoms with Crippen molar-refractivity contribution in [1.29, 1.82) is 0 Å². The van der Waals surface area contributed by atoms with Gasteiger partial charge in [0.05, 0.1) is 18.0 Å². The van der Waals surface area contributed by atoms with Crippen molar-refractivity contribution in [3.8, 4) is 0 Å². The lowest BCUT2D eigenvalue weighted by atomic mass is 10.1. The summed E-state index contributed by atoms with van der Waals surface area (Å²) < 4.78 is 29.6. The number of benzene rings is 1. The van der Waals surface area contributed by atoms with Gasteiger partial charge in [-0.05, 0) is 36.8 Å². The molecule has 0 radical (unpaired) electrons. The summed E-state index contributed by atoms with van der Waals surface area (Å²) in [6, 6.07) is 10.6. The van der Waals surface area contributed by atoms with E-state index in [1.807, 2.05) is 25.1 Å². The number of nitrogens with two attached hydrogens (primary N) is 1. The van der Waals surface area contributed by atoms with Crippen LogP contribution in [0.4, 0.5) is 11.4 Å². The van der Waals surface area contributed by atoms with Gasteiger partial charge in [0.25, 0.3) is 10.2 Å². The van der Waals surface area contributed by atoms with Gasteiger partial charge in [-0.15, -0.1) is 0 Å². The fourth-order valence-corrected chi connectivity index (χ4v) is 2.36. The van der Waals surface area contributed by atoms with E-state index in [9.17, 15) is 8.42 Å². The number of furan rings is 1. The Morgan fingerprint density at radius 1 is 1.25 bits per heavy atom. The molecule has 1 atom stereocenters. The number of hydrogen-bond donors (Lipinski definition) is 3. The van der Waals surface area contributed by atoms with Crippen molar-refractivity contribution in [2.45, 2.75) is 19.4 Å². The Morgan fingerprint density at radius 3 is 2.60 bits per heavy atom. The second-order valence-corrected chi connectivity index (χ2v) is 5.64. The van der Waals surface area contributed by atoms with E-state index < -0.39 is 10.2 Å². The molecule has 0 saturated heterocycles. The molecular formula is C13H17N3O3S. The summed E-state index contributed by atoms with van der Waals surface area (Å²) in [5, 5.41) is 8.24. The first-order chi connectivity index (χ1) is 9.48. The van der Waals surface area contributed by atoms with Crippen LogP contribution in [0.25, 0.3) is 0 Å². The molecule has 0 bridgehead atoms. The highest BCUT2D eigenvalue weighted by atomic mass is 32.2. The van der Waals surface area contributed by atoms with Crippen molar-refractivity contribution in [3.05, 3.63) is 48.4 Å². The van der Waals surface area contributed by atoms with Gasteiger partial charge < -0.3 is 9.73 Å². The SMILES string of the molecule is CCC(Nc1cccc(NS(N)(=O)=O)c1)c1ccco1. The standard InChI is InChI=1S/C13H17N3O3S/c1-2-12(13-7-4-8-19-13)15-10-5-3-6-11(9-10)16-20(14,17)18/h3-9,12,15-16H,2H2,1H3,(H2,14,17,18). The first kappa shape index (κ1) is 14.4. The van der Waals surface area contributed by atoms with Gasteiger partial charge in [0.1, 0.15) is 5.76 Å². The summed E-state index contributed by atoms with van der Waals surface area (Å²) in [5.41, 5.74) is 1.19. The van der Waals surface area contributed by atoms with Crippen molar-refractivity contribution in [2.24, 2.45) is 5.14 Å². The zero-order chi connectivity index (χ0) is 14.6.